The molecule has 0 saturated carbocycles. The van der Waals surface area contributed by atoms with Gasteiger partial charge in [-0.05, 0) is 37.5 Å². The molecule has 8 nitrogen and oxygen atoms in total. The SMILES string of the molecule is CCOC(=O)N1CCC(NCc2nc3cncnc3n2Cc2ccc(F)cc2)CC1. The van der Waals surface area contributed by atoms with Gasteiger partial charge in [0.2, 0.25) is 0 Å². The zero-order chi connectivity index (χ0) is 20.9. The normalized spacial score (nSPS) is 14.9. The predicted octanol–water partition coefficient (Wildman–Crippen LogP) is 2.72. The van der Waals surface area contributed by atoms with Crippen molar-refractivity contribution in [2.45, 2.75) is 38.9 Å². The summed E-state index contributed by atoms with van der Waals surface area (Å²) >= 11 is 0. The van der Waals surface area contributed by atoms with E-state index >= 15 is 0 Å². The molecule has 0 spiro atoms. The van der Waals surface area contributed by atoms with E-state index in [-0.39, 0.29) is 11.9 Å². The van der Waals surface area contributed by atoms with Crippen LogP contribution in [-0.4, -0.2) is 56.3 Å². The number of halogens is 1. The Morgan fingerprint density at radius 3 is 2.77 bits per heavy atom. The summed E-state index contributed by atoms with van der Waals surface area (Å²) in [5, 5.41) is 3.56. The minimum Gasteiger partial charge on any atom is -0.450 e. The number of rotatable bonds is 6. The van der Waals surface area contributed by atoms with Crippen LogP contribution in [0.2, 0.25) is 0 Å². The predicted molar refractivity (Wildman–Crippen MR) is 109 cm³/mol. The van der Waals surface area contributed by atoms with Crippen LogP contribution in [-0.2, 0) is 17.8 Å². The van der Waals surface area contributed by atoms with Gasteiger partial charge >= 0.3 is 6.09 Å². The Morgan fingerprint density at radius 2 is 2.03 bits per heavy atom. The van der Waals surface area contributed by atoms with Crippen molar-refractivity contribution in [3.8, 4) is 0 Å². The summed E-state index contributed by atoms with van der Waals surface area (Å²) in [6, 6.07) is 6.74. The molecule has 1 amide bonds. The van der Waals surface area contributed by atoms with E-state index < -0.39 is 0 Å². The van der Waals surface area contributed by atoms with Gasteiger partial charge in [-0.2, -0.15) is 0 Å². The Balaban J connectivity index is 1.44. The van der Waals surface area contributed by atoms with Crippen molar-refractivity contribution in [1.29, 1.82) is 0 Å². The number of nitrogens with one attached hydrogen (secondary N) is 1. The number of hydrogen-bond donors (Lipinski definition) is 1. The summed E-state index contributed by atoms with van der Waals surface area (Å²) < 4.78 is 20.4. The molecule has 2 aromatic heterocycles. The highest BCUT2D eigenvalue weighted by Gasteiger charge is 2.24. The van der Waals surface area contributed by atoms with Crippen LogP contribution < -0.4 is 5.32 Å². The minimum atomic E-state index is -0.257. The second-order valence-corrected chi connectivity index (χ2v) is 7.31. The summed E-state index contributed by atoms with van der Waals surface area (Å²) in [5.74, 6) is 0.593. The van der Waals surface area contributed by atoms with E-state index in [1.807, 2.05) is 11.5 Å². The maximum atomic E-state index is 13.3. The molecule has 1 aromatic carbocycles. The van der Waals surface area contributed by atoms with E-state index in [0.717, 1.165) is 35.4 Å². The average molecular weight is 412 g/mol. The van der Waals surface area contributed by atoms with Gasteiger partial charge in [0, 0.05) is 19.1 Å². The molecule has 0 radical (unpaired) electrons. The van der Waals surface area contributed by atoms with Crippen LogP contribution >= 0.6 is 0 Å². The van der Waals surface area contributed by atoms with Gasteiger partial charge in [0.05, 0.1) is 25.9 Å². The van der Waals surface area contributed by atoms with Crippen molar-refractivity contribution < 1.29 is 13.9 Å². The lowest BCUT2D eigenvalue weighted by Gasteiger charge is -2.31. The third kappa shape index (κ3) is 4.56. The number of carbonyl (C=O) groups excluding carboxylic acids is 1. The number of amides is 1. The quantitative estimate of drug-likeness (QED) is 0.670. The number of hydrogen-bond acceptors (Lipinski definition) is 6. The van der Waals surface area contributed by atoms with Crippen LogP contribution in [0.3, 0.4) is 0 Å². The van der Waals surface area contributed by atoms with Gasteiger partial charge in [0.25, 0.3) is 0 Å². The molecular formula is C21H25FN6O2. The number of piperidine rings is 1. The maximum Gasteiger partial charge on any atom is 0.409 e. The second-order valence-electron chi connectivity index (χ2n) is 7.31. The zero-order valence-electron chi connectivity index (χ0n) is 16.9. The highest BCUT2D eigenvalue weighted by atomic mass is 19.1. The first kappa shape index (κ1) is 20.2. The number of aromatic nitrogens is 4. The molecule has 1 saturated heterocycles. The largest absolute Gasteiger partial charge is 0.450 e. The van der Waals surface area contributed by atoms with E-state index in [1.165, 1.54) is 18.5 Å². The van der Waals surface area contributed by atoms with Crippen LogP contribution in [0.1, 0.15) is 31.2 Å². The van der Waals surface area contributed by atoms with Gasteiger partial charge in [0.1, 0.15) is 23.5 Å². The minimum absolute atomic E-state index is 0.240. The number of imidazole rings is 1. The number of nitrogens with zero attached hydrogens (tertiary/aromatic N) is 5. The maximum absolute atomic E-state index is 13.3. The summed E-state index contributed by atoms with van der Waals surface area (Å²) in [6.45, 7) is 4.68. The van der Waals surface area contributed by atoms with Gasteiger partial charge < -0.3 is 19.5 Å². The van der Waals surface area contributed by atoms with Crippen molar-refractivity contribution in [3.05, 3.63) is 54.0 Å². The summed E-state index contributed by atoms with van der Waals surface area (Å²) in [4.78, 5) is 26.8. The Labute approximate surface area is 174 Å². The molecule has 9 heteroatoms. The van der Waals surface area contributed by atoms with Crippen LogP contribution in [0.25, 0.3) is 11.2 Å². The molecule has 4 rings (SSSR count). The first-order chi connectivity index (χ1) is 14.6. The van der Waals surface area contributed by atoms with Crippen LogP contribution in [0, 0.1) is 5.82 Å². The summed E-state index contributed by atoms with van der Waals surface area (Å²) in [6.07, 6.45) is 4.68. The molecular weight excluding hydrogens is 387 g/mol. The topological polar surface area (TPSA) is 85.2 Å². The molecule has 0 unspecified atom stereocenters. The highest BCUT2D eigenvalue weighted by molar-refractivity contribution is 5.70. The molecule has 158 valence electrons. The number of benzene rings is 1. The standard InChI is InChI=1S/C21H25FN6O2/c1-2-30-21(29)27-9-7-17(8-10-27)24-12-19-26-18-11-23-14-25-20(18)28(19)13-15-3-5-16(22)6-4-15/h3-6,11,14,17,24H,2,7-10,12-13H2,1H3. The molecule has 30 heavy (non-hydrogen) atoms. The van der Waals surface area contributed by atoms with E-state index in [1.54, 1.807) is 23.2 Å². The van der Waals surface area contributed by atoms with Gasteiger partial charge in [-0.1, -0.05) is 12.1 Å². The Kier molecular flexibility index (Phi) is 6.18. The molecule has 3 aromatic rings. The van der Waals surface area contributed by atoms with E-state index in [9.17, 15) is 9.18 Å². The van der Waals surface area contributed by atoms with Crippen molar-refractivity contribution in [2.75, 3.05) is 19.7 Å². The summed E-state index contributed by atoms with van der Waals surface area (Å²) in [5.41, 5.74) is 2.45. The fraction of sp³-hybridized carbons (Fsp3) is 0.429. The Bertz CT molecular complexity index is 998. The molecule has 1 N–H and O–H groups in total. The molecule has 3 heterocycles. The molecule has 0 bridgehead atoms. The second kappa shape index (κ2) is 9.17. The zero-order valence-corrected chi connectivity index (χ0v) is 16.9. The van der Waals surface area contributed by atoms with Gasteiger partial charge in [0.15, 0.2) is 5.65 Å². The van der Waals surface area contributed by atoms with Gasteiger partial charge in [-0.3, -0.25) is 0 Å². The monoisotopic (exact) mass is 412 g/mol. The Morgan fingerprint density at radius 1 is 1.27 bits per heavy atom. The highest BCUT2D eigenvalue weighted by Crippen LogP contribution is 2.17. The number of likely N-dealkylation sites (tertiary alicyclic amines) is 1. The number of fused-ring (bicyclic) bond motifs is 1. The third-order valence-electron chi connectivity index (χ3n) is 5.31. The lowest BCUT2D eigenvalue weighted by molar-refractivity contribution is 0.0949. The lowest BCUT2D eigenvalue weighted by Crippen LogP contribution is -2.45. The Hall–Kier alpha value is -3.07. The fourth-order valence-electron chi connectivity index (χ4n) is 3.71. The average Bonchev–Trinajstić information content (AvgIpc) is 3.12. The lowest BCUT2D eigenvalue weighted by atomic mass is 10.1. The van der Waals surface area contributed by atoms with Gasteiger partial charge in [-0.25, -0.2) is 24.1 Å². The van der Waals surface area contributed by atoms with Crippen LogP contribution in [0.4, 0.5) is 9.18 Å². The molecule has 0 aliphatic carbocycles. The van der Waals surface area contributed by atoms with Crippen LogP contribution in [0.5, 0.6) is 0 Å². The third-order valence-corrected chi connectivity index (χ3v) is 5.31. The first-order valence-electron chi connectivity index (χ1n) is 10.2. The fourth-order valence-corrected chi connectivity index (χ4v) is 3.71. The molecule has 0 atom stereocenters. The smallest absolute Gasteiger partial charge is 0.409 e. The number of carbonyl (C=O) groups is 1. The van der Waals surface area contributed by atoms with Crippen LogP contribution in [0.15, 0.2) is 36.8 Å². The van der Waals surface area contributed by atoms with Crippen molar-refractivity contribution in [2.24, 2.45) is 0 Å². The van der Waals surface area contributed by atoms with Gasteiger partial charge in [-0.15, -0.1) is 0 Å². The van der Waals surface area contributed by atoms with E-state index in [0.29, 0.717) is 38.8 Å². The van der Waals surface area contributed by atoms with Crippen molar-refractivity contribution >= 4 is 17.3 Å². The van der Waals surface area contributed by atoms with E-state index in [2.05, 4.69) is 15.3 Å². The molecule has 1 aliphatic rings. The molecule has 1 aliphatic heterocycles. The van der Waals surface area contributed by atoms with Crippen molar-refractivity contribution in [1.82, 2.24) is 29.7 Å². The molecule has 1 fully saturated rings. The summed E-state index contributed by atoms with van der Waals surface area (Å²) in [7, 11) is 0. The first-order valence-corrected chi connectivity index (χ1v) is 10.2. The number of ether oxygens (including phenoxy) is 1. The van der Waals surface area contributed by atoms with Crippen molar-refractivity contribution in [3.63, 3.8) is 0 Å². The van der Waals surface area contributed by atoms with E-state index in [4.69, 9.17) is 9.72 Å².